The van der Waals surface area contributed by atoms with E-state index < -0.39 is 10.8 Å². The molecular weight excluding hydrogens is 326 g/mol. The highest BCUT2D eigenvalue weighted by Crippen LogP contribution is 2.13. The lowest BCUT2D eigenvalue weighted by Crippen LogP contribution is -2.22. The molecule has 0 spiro atoms. The molecule has 2 aromatic carbocycles. The summed E-state index contributed by atoms with van der Waals surface area (Å²) in [6.45, 7) is 1.42. The average Bonchev–Trinajstić information content (AvgIpc) is 2.60. The van der Waals surface area contributed by atoms with Crippen LogP contribution in [0.25, 0.3) is 0 Å². The van der Waals surface area contributed by atoms with Crippen LogP contribution < -0.4 is 10.1 Å². The van der Waals surface area contributed by atoms with Gasteiger partial charge in [-0.2, -0.15) is 0 Å². The lowest BCUT2D eigenvalue weighted by Gasteiger charge is -2.09. The van der Waals surface area contributed by atoms with Crippen molar-refractivity contribution >= 4 is 16.7 Å². The van der Waals surface area contributed by atoms with Crippen LogP contribution in [0.3, 0.4) is 0 Å². The van der Waals surface area contributed by atoms with E-state index in [0.717, 1.165) is 11.3 Å². The van der Waals surface area contributed by atoms with Crippen LogP contribution in [-0.2, 0) is 22.1 Å². The number of rotatable bonds is 8. The molecule has 1 N–H and O–H groups in total. The van der Waals surface area contributed by atoms with Crippen molar-refractivity contribution in [2.24, 2.45) is 0 Å². The maximum atomic E-state index is 12.2. The lowest BCUT2D eigenvalue weighted by molar-refractivity contribution is 0.0950. The van der Waals surface area contributed by atoms with Crippen LogP contribution in [0, 0.1) is 0 Å². The molecule has 0 aromatic heterocycles. The molecule has 1 unspecified atom stereocenters. The van der Waals surface area contributed by atoms with Gasteiger partial charge in [0.1, 0.15) is 12.4 Å². The molecule has 0 radical (unpaired) electrons. The summed E-state index contributed by atoms with van der Waals surface area (Å²) >= 11 is 0. The number of hydrogen-bond acceptors (Lipinski definition) is 4. The minimum atomic E-state index is -1.04. The Labute approximate surface area is 144 Å². The van der Waals surface area contributed by atoms with E-state index in [9.17, 15) is 9.00 Å². The highest BCUT2D eigenvalue weighted by atomic mass is 32.2. The first kappa shape index (κ1) is 18.2. The number of amides is 1. The first-order valence-electron chi connectivity index (χ1n) is 7.52. The van der Waals surface area contributed by atoms with Gasteiger partial charge in [-0.05, 0) is 42.0 Å². The summed E-state index contributed by atoms with van der Waals surface area (Å²) < 4.78 is 21.8. The zero-order valence-corrected chi connectivity index (χ0v) is 14.6. The van der Waals surface area contributed by atoms with Crippen LogP contribution in [-0.4, -0.2) is 36.7 Å². The fraction of sp³-hybridized carbons (Fsp3) is 0.278. The molecule has 24 heavy (non-hydrogen) atoms. The third kappa shape index (κ3) is 5.47. The normalized spacial score (nSPS) is 11.8. The molecule has 0 heterocycles. The Morgan fingerprint density at radius 2 is 1.88 bits per heavy atom. The summed E-state index contributed by atoms with van der Waals surface area (Å²) in [4.78, 5) is 12.9. The predicted octanol–water partition coefficient (Wildman–Crippen LogP) is 2.38. The number of methoxy groups -OCH3 is 1. The molecule has 5 nitrogen and oxygen atoms in total. The summed E-state index contributed by atoms with van der Waals surface area (Å²) in [6.07, 6.45) is 1.61. The predicted molar refractivity (Wildman–Crippen MR) is 93.8 cm³/mol. The molecule has 128 valence electrons. The first-order valence-corrected chi connectivity index (χ1v) is 9.08. The van der Waals surface area contributed by atoms with Crippen LogP contribution in [0.5, 0.6) is 5.75 Å². The van der Waals surface area contributed by atoms with E-state index in [0.29, 0.717) is 30.2 Å². The summed E-state index contributed by atoms with van der Waals surface area (Å²) in [7, 11) is 0.580. The molecule has 6 heteroatoms. The topological polar surface area (TPSA) is 64.6 Å². The van der Waals surface area contributed by atoms with Gasteiger partial charge in [-0.3, -0.25) is 9.00 Å². The van der Waals surface area contributed by atoms with E-state index in [1.54, 1.807) is 37.6 Å². The van der Waals surface area contributed by atoms with E-state index in [-0.39, 0.29) is 5.91 Å². The number of ether oxygens (including phenoxy) is 2. The van der Waals surface area contributed by atoms with Crippen LogP contribution in [0.4, 0.5) is 0 Å². The van der Waals surface area contributed by atoms with Crippen molar-refractivity contribution in [3.8, 4) is 5.75 Å². The van der Waals surface area contributed by atoms with Gasteiger partial charge in [0.05, 0.1) is 6.61 Å². The summed E-state index contributed by atoms with van der Waals surface area (Å²) in [5.74, 6) is 0.572. The van der Waals surface area contributed by atoms with E-state index in [4.69, 9.17) is 9.47 Å². The molecule has 0 aliphatic heterocycles. The largest absolute Gasteiger partial charge is 0.491 e. The zero-order chi connectivity index (χ0) is 17.4. The van der Waals surface area contributed by atoms with Crippen molar-refractivity contribution in [2.75, 3.05) is 26.6 Å². The number of nitrogens with one attached hydrogen (secondary N) is 1. The third-order valence-electron chi connectivity index (χ3n) is 3.36. The molecule has 0 saturated carbocycles. The maximum absolute atomic E-state index is 12.2. The minimum absolute atomic E-state index is 0.172. The van der Waals surface area contributed by atoms with Gasteiger partial charge in [0.25, 0.3) is 5.91 Å². The van der Waals surface area contributed by atoms with Crippen molar-refractivity contribution in [3.63, 3.8) is 0 Å². The number of benzene rings is 2. The Morgan fingerprint density at radius 3 is 2.54 bits per heavy atom. The smallest absolute Gasteiger partial charge is 0.251 e. The quantitative estimate of drug-likeness (QED) is 0.745. The van der Waals surface area contributed by atoms with E-state index in [2.05, 4.69) is 5.32 Å². The highest BCUT2D eigenvalue weighted by molar-refractivity contribution is 7.84. The molecule has 0 fully saturated rings. The molecule has 0 aliphatic rings. The van der Waals surface area contributed by atoms with E-state index in [1.165, 1.54) is 0 Å². The second-order valence-corrected chi connectivity index (χ2v) is 6.53. The Balaban J connectivity index is 1.91. The molecule has 1 atom stereocenters. The second-order valence-electron chi connectivity index (χ2n) is 5.15. The summed E-state index contributed by atoms with van der Waals surface area (Å²) in [5, 5.41) is 2.86. The monoisotopic (exact) mass is 347 g/mol. The summed E-state index contributed by atoms with van der Waals surface area (Å²) in [5.41, 5.74) is 1.49. The third-order valence-corrected chi connectivity index (χ3v) is 4.29. The van der Waals surface area contributed by atoms with Crippen molar-refractivity contribution in [1.82, 2.24) is 5.32 Å². The van der Waals surface area contributed by atoms with Gasteiger partial charge in [-0.25, -0.2) is 0 Å². The van der Waals surface area contributed by atoms with Crippen LogP contribution in [0.2, 0.25) is 0 Å². The number of hydrogen-bond donors (Lipinski definition) is 1. The Kier molecular flexibility index (Phi) is 6.96. The van der Waals surface area contributed by atoms with E-state index in [1.807, 2.05) is 24.3 Å². The molecule has 0 saturated heterocycles. The van der Waals surface area contributed by atoms with Gasteiger partial charge >= 0.3 is 0 Å². The Bertz CT molecular complexity index is 700. The highest BCUT2D eigenvalue weighted by Gasteiger charge is 2.06. The SMILES string of the molecule is COCCOc1cccc(CNC(=O)c2ccc(S(C)=O)cc2)c1. The number of carbonyl (C=O) groups is 1. The van der Waals surface area contributed by atoms with Crippen molar-refractivity contribution in [2.45, 2.75) is 11.4 Å². The average molecular weight is 347 g/mol. The van der Waals surface area contributed by atoms with Gasteiger partial charge in [-0.15, -0.1) is 0 Å². The maximum Gasteiger partial charge on any atom is 0.251 e. The van der Waals surface area contributed by atoms with Crippen molar-refractivity contribution in [1.29, 1.82) is 0 Å². The molecule has 0 aliphatic carbocycles. The van der Waals surface area contributed by atoms with E-state index >= 15 is 0 Å². The molecule has 2 rings (SSSR count). The van der Waals surface area contributed by atoms with Gasteiger partial charge < -0.3 is 14.8 Å². The summed E-state index contributed by atoms with van der Waals surface area (Å²) in [6, 6.07) is 14.3. The first-order chi connectivity index (χ1) is 11.6. The van der Waals surface area contributed by atoms with Gasteiger partial charge in [-0.1, -0.05) is 12.1 Å². The zero-order valence-electron chi connectivity index (χ0n) is 13.8. The minimum Gasteiger partial charge on any atom is -0.491 e. The second kappa shape index (κ2) is 9.20. The fourth-order valence-electron chi connectivity index (χ4n) is 2.07. The Hall–Kier alpha value is -2.18. The molecule has 0 bridgehead atoms. The van der Waals surface area contributed by atoms with Crippen molar-refractivity contribution < 1.29 is 18.5 Å². The van der Waals surface area contributed by atoms with Crippen LogP contribution >= 0.6 is 0 Å². The van der Waals surface area contributed by atoms with Gasteiger partial charge in [0, 0.05) is 41.2 Å². The molecule has 1 amide bonds. The van der Waals surface area contributed by atoms with Crippen LogP contribution in [0.1, 0.15) is 15.9 Å². The molecule has 2 aromatic rings. The lowest BCUT2D eigenvalue weighted by atomic mass is 10.2. The van der Waals surface area contributed by atoms with Crippen LogP contribution in [0.15, 0.2) is 53.4 Å². The van der Waals surface area contributed by atoms with Gasteiger partial charge in [0.15, 0.2) is 0 Å². The fourth-order valence-corrected chi connectivity index (χ4v) is 2.59. The standard InChI is InChI=1S/C18H21NO4S/c1-22-10-11-23-16-5-3-4-14(12-16)13-19-18(20)15-6-8-17(9-7-15)24(2)21/h3-9,12H,10-11,13H2,1-2H3,(H,19,20). The Morgan fingerprint density at radius 1 is 1.12 bits per heavy atom. The molecular formula is C18H21NO4S. The number of carbonyl (C=O) groups excluding carboxylic acids is 1. The van der Waals surface area contributed by atoms with Crippen molar-refractivity contribution in [3.05, 3.63) is 59.7 Å². The van der Waals surface area contributed by atoms with Gasteiger partial charge in [0.2, 0.25) is 0 Å².